The van der Waals surface area contributed by atoms with Crippen LogP contribution < -0.4 is 19.1 Å². The summed E-state index contributed by atoms with van der Waals surface area (Å²) >= 11 is 0. The van der Waals surface area contributed by atoms with Gasteiger partial charge >= 0.3 is 0 Å². The molecule has 3 aromatic carbocycles. The van der Waals surface area contributed by atoms with Gasteiger partial charge in [-0.15, -0.1) is 0 Å². The van der Waals surface area contributed by atoms with Crippen LogP contribution in [0.1, 0.15) is 0 Å². The lowest BCUT2D eigenvalue weighted by Gasteiger charge is -2.27. The molecule has 0 bridgehead atoms. The van der Waals surface area contributed by atoms with Crippen molar-refractivity contribution in [1.29, 1.82) is 0 Å². The first-order valence-corrected chi connectivity index (χ1v) is 7.98. The van der Waals surface area contributed by atoms with E-state index in [1.807, 2.05) is 72.8 Å². The van der Waals surface area contributed by atoms with Crippen LogP contribution in [0.25, 0.3) is 0 Å². The van der Waals surface area contributed by atoms with Gasteiger partial charge in [-0.25, -0.2) is 0 Å². The lowest BCUT2D eigenvalue weighted by molar-refractivity contribution is 0.414. The van der Waals surface area contributed by atoms with Gasteiger partial charge in [0.1, 0.15) is 17.2 Å². The first-order chi connectivity index (χ1) is 12.3. The van der Waals surface area contributed by atoms with Crippen molar-refractivity contribution in [2.45, 2.75) is 0 Å². The molecule has 128 valence electrons. The van der Waals surface area contributed by atoms with Gasteiger partial charge in [-0.2, -0.15) is 0 Å². The maximum absolute atomic E-state index is 5.57. The zero-order valence-electron chi connectivity index (χ0n) is 14.6. The molecular formula is C21H21NO3. The van der Waals surface area contributed by atoms with Crippen molar-refractivity contribution >= 4 is 17.1 Å². The Kier molecular flexibility index (Phi) is 5.09. The molecular weight excluding hydrogens is 314 g/mol. The van der Waals surface area contributed by atoms with Gasteiger partial charge in [0.2, 0.25) is 0 Å². The van der Waals surface area contributed by atoms with E-state index in [-0.39, 0.29) is 0 Å². The molecule has 0 amide bonds. The fraction of sp³-hybridized carbons (Fsp3) is 0.143. The molecule has 4 heteroatoms. The number of para-hydroxylation sites is 2. The summed E-state index contributed by atoms with van der Waals surface area (Å²) in [6.07, 6.45) is 0. The first kappa shape index (κ1) is 16.7. The van der Waals surface area contributed by atoms with Gasteiger partial charge < -0.3 is 19.1 Å². The molecule has 4 nitrogen and oxygen atoms in total. The Hall–Kier alpha value is -3.14. The lowest BCUT2D eigenvalue weighted by Crippen LogP contribution is -2.11. The summed E-state index contributed by atoms with van der Waals surface area (Å²) in [4.78, 5) is 2.13. The van der Waals surface area contributed by atoms with Crippen LogP contribution in [0.2, 0.25) is 0 Å². The molecule has 25 heavy (non-hydrogen) atoms. The largest absolute Gasteiger partial charge is 0.497 e. The quantitative estimate of drug-likeness (QED) is 0.621. The third-order valence-electron chi connectivity index (χ3n) is 3.97. The van der Waals surface area contributed by atoms with Crippen LogP contribution in [0.4, 0.5) is 17.1 Å². The van der Waals surface area contributed by atoms with Crippen LogP contribution in [-0.2, 0) is 0 Å². The summed E-state index contributed by atoms with van der Waals surface area (Å²) in [5, 5.41) is 0. The van der Waals surface area contributed by atoms with Crippen LogP contribution in [0.5, 0.6) is 17.2 Å². The summed E-state index contributed by atoms with van der Waals surface area (Å²) in [6.45, 7) is 0. The van der Waals surface area contributed by atoms with Gasteiger partial charge in [0.05, 0.1) is 27.0 Å². The van der Waals surface area contributed by atoms with E-state index in [0.717, 1.165) is 34.3 Å². The third kappa shape index (κ3) is 3.53. The summed E-state index contributed by atoms with van der Waals surface area (Å²) in [5.41, 5.74) is 2.93. The van der Waals surface area contributed by atoms with Crippen molar-refractivity contribution in [2.75, 3.05) is 26.2 Å². The second-order valence-corrected chi connectivity index (χ2v) is 5.41. The molecule has 0 aromatic heterocycles. The third-order valence-corrected chi connectivity index (χ3v) is 3.97. The number of anilines is 3. The Morgan fingerprint density at radius 2 is 1.32 bits per heavy atom. The van der Waals surface area contributed by atoms with E-state index in [1.165, 1.54) is 0 Å². The predicted octanol–water partition coefficient (Wildman–Crippen LogP) is 5.18. The molecule has 0 radical (unpaired) electrons. The molecule has 0 saturated carbocycles. The highest BCUT2D eigenvalue weighted by molar-refractivity contribution is 5.80. The maximum Gasteiger partial charge on any atom is 0.142 e. The van der Waals surface area contributed by atoms with Gasteiger partial charge in [-0.3, -0.25) is 0 Å². The molecule has 0 atom stereocenters. The zero-order chi connectivity index (χ0) is 17.6. The standard InChI is InChI=1S/C21H21NO3/c1-23-18-13-11-16(12-14-18)22(17-7-6-8-19(15-17)24-2)20-9-4-5-10-21(20)25-3/h4-15H,1-3H3. The molecule has 3 aromatic rings. The summed E-state index contributed by atoms with van der Waals surface area (Å²) in [6, 6.07) is 23.8. The Balaban J connectivity index is 2.16. The number of hydrogen-bond acceptors (Lipinski definition) is 4. The molecule has 0 fully saturated rings. The van der Waals surface area contributed by atoms with Crippen molar-refractivity contribution in [3.05, 3.63) is 72.8 Å². The topological polar surface area (TPSA) is 30.9 Å². The molecule has 0 N–H and O–H groups in total. The second-order valence-electron chi connectivity index (χ2n) is 5.41. The number of hydrogen-bond donors (Lipinski definition) is 0. The van der Waals surface area contributed by atoms with E-state index in [4.69, 9.17) is 14.2 Å². The van der Waals surface area contributed by atoms with E-state index in [2.05, 4.69) is 4.90 Å². The molecule has 0 aliphatic heterocycles. The minimum Gasteiger partial charge on any atom is -0.497 e. The summed E-state index contributed by atoms with van der Waals surface area (Å²) in [5.74, 6) is 2.40. The van der Waals surface area contributed by atoms with Crippen LogP contribution in [0, 0.1) is 0 Å². The van der Waals surface area contributed by atoms with Crippen LogP contribution in [-0.4, -0.2) is 21.3 Å². The lowest BCUT2D eigenvalue weighted by atomic mass is 10.1. The van der Waals surface area contributed by atoms with E-state index >= 15 is 0 Å². The monoisotopic (exact) mass is 335 g/mol. The van der Waals surface area contributed by atoms with Gasteiger partial charge in [0.25, 0.3) is 0 Å². The molecule has 3 rings (SSSR count). The normalized spacial score (nSPS) is 10.2. The Morgan fingerprint density at radius 3 is 2.00 bits per heavy atom. The van der Waals surface area contributed by atoms with Gasteiger partial charge in [0, 0.05) is 17.4 Å². The number of nitrogens with zero attached hydrogens (tertiary/aromatic N) is 1. The van der Waals surface area contributed by atoms with Crippen LogP contribution >= 0.6 is 0 Å². The molecule has 0 unspecified atom stereocenters. The fourth-order valence-corrected chi connectivity index (χ4v) is 2.72. The van der Waals surface area contributed by atoms with Gasteiger partial charge in [-0.05, 0) is 48.5 Å². The van der Waals surface area contributed by atoms with Crippen molar-refractivity contribution in [3.63, 3.8) is 0 Å². The number of rotatable bonds is 6. The van der Waals surface area contributed by atoms with E-state index < -0.39 is 0 Å². The second kappa shape index (κ2) is 7.62. The molecule has 0 aliphatic carbocycles. The van der Waals surface area contributed by atoms with Gasteiger partial charge in [-0.1, -0.05) is 18.2 Å². The van der Waals surface area contributed by atoms with E-state index in [0.29, 0.717) is 0 Å². The SMILES string of the molecule is COc1ccc(N(c2cccc(OC)c2)c2ccccc2OC)cc1. The fourth-order valence-electron chi connectivity index (χ4n) is 2.72. The van der Waals surface area contributed by atoms with Crippen LogP contribution in [0.15, 0.2) is 72.8 Å². The molecule has 0 aliphatic rings. The van der Waals surface area contributed by atoms with Crippen molar-refractivity contribution in [2.24, 2.45) is 0 Å². The first-order valence-electron chi connectivity index (χ1n) is 7.98. The smallest absolute Gasteiger partial charge is 0.142 e. The van der Waals surface area contributed by atoms with Crippen molar-refractivity contribution in [3.8, 4) is 17.2 Å². The molecule has 0 saturated heterocycles. The number of methoxy groups -OCH3 is 3. The minimum absolute atomic E-state index is 0.793. The average molecular weight is 335 g/mol. The van der Waals surface area contributed by atoms with Crippen LogP contribution in [0.3, 0.4) is 0 Å². The Bertz CT molecular complexity index is 831. The highest BCUT2D eigenvalue weighted by Crippen LogP contribution is 2.41. The Labute approximate surface area is 148 Å². The number of ether oxygens (including phenoxy) is 3. The highest BCUT2D eigenvalue weighted by Gasteiger charge is 2.16. The zero-order valence-corrected chi connectivity index (χ0v) is 14.6. The van der Waals surface area contributed by atoms with Gasteiger partial charge in [0.15, 0.2) is 0 Å². The minimum atomic E-state index is 0.793. The van der Waals surface area contributed by atoms with Crippen molar-refractivity contribution < 1.29 is 14.2 Å². The van der Waals surface area contributed by atoms with E-state index in [9.17, 15) is 0 Å². The summed E-state index contributed by atoms with van der Waals surface area (Å²) in [7, 11) is 5.01. The average Bonchev–Trinajstić information content (AvgIpc) is 2.69. The highest BCUT2D eigenvalue weighted by atomic mass is 16.5. The summed E-state index contributed by atoms with van der Waals surface area (Å²) < 4.78 is 16.2. The van der Waals surface area contributed by atoms with Crippen molar-refractivity contribution in [1.82, 2.24) is 0 Å². The Morgan fingerprint density at radius 1 is 0.600 bits per heavy atom. The molecule has 0 heterocycles. The number of benzene rings is 3. The maximum atomic E-state index is 5.57. The molecule has 0 spiro atoms. The van der Waals surface area contributed by atoms with E-state index in [1.54, 1.807) is 21.3 Å². The predicted molar refractivity (Wildman–Crippen MR) is 101 cm³/mol.